The summed E-state index contributed by atoms with van der Waals surface area (Å²) in [7, 11) is 0. The highest BCUT2D eigenvalue weighted by atomic mass is 16.6. The molecule has 1 aromatic carbocycles. The largest absolute Gasteiger partial charge is 0.508 e. The van der Waals surface area contributed by atoms with E-state index in [9.17, 15) is 20.1 Å². The molecular weight excluding hydrogens is 312 g/mol. The maximum absolute atomic E-state index is 11.9. The van der Waals surface area contributed by atoms with E-state index in [2.05, 4.69) is 0 Å². The van der Waals surface area contributed by atoms with Gasteiger partial charge in [-0.25, -0.2) is 4.79 Å². The molecule has 3 N–H and O–H groups in total. The van der Waals surface area contributed by atoms with Gasteiger partial charge in [-0.05, 0) is 25.1 Å². The molecule has 0 bridgehead atoms. The SMILES string of the molecule is C[C@@H](O)C[C@H]1O[C@@H]1C=CC=Cc1cc2cc(O)cc(O)c2c(=O)o1. The Morgan fingerprint density at radius 2 is 2.04 bits per heavy atom. The van der Waals surface area contributed by atoms with E-state index >= 15 is 0 Å². The van der Waals surface area contributed by atoms with Crippen LogP contribution in [0.25, 0.3) is 16.8 Å². The summed E-state index contributed by atoms with van der Waals surface area (Å²) in [5.74, 6) is -0.140. The number of aromatic hydroxyl groups is 2. The van der Waals surface area contributed by atoms with E-state index in [1.165, 1.54) is 6.07 Å². The Bertz CT molecular complexity index is 862. The molecule has 3 rings (SSSR count). The quantitative estimate of drug-likeness (QED) is 0.574. The molecule has 1 aliphatic rings. The van der Waals surface area contributed by atoms with Gasteiger partial charge in [0.2, 0.25) is 0 Å². The minimum absolute atomic E-state index is 0.00163. The molecule has 126 valence electrons. The lowest BCUT2D eigenvalue weighted by atomic mass is 10.1. The molecule has 1 aliphatic heterocycles. The van der Waals surface area contributed by atoms with Gasteiger partial charge >= 0.3 is 5.63 Å². The molecular formula is C18H18O6. The van der Waals surface area contributed by atoms with Crippen molar-refractivity contribution in [3.05, 3.63) is 52.6 Å². The number of rotatable bonds is 5. The van der Waals surface area contributed by atoms with Gasteiger partial charge in [-0.2, -0.15) is 0 Å². The van der Waals surface area contributed by atoms with Crippen LogP contribution in [0.15, 0.2) is 45.6 Å². The Hall–Kier alpha value is -2.57. The maximum atomic E-state index is 11.9. The summed E-state index contributed by atoms with van der Waals surface area (Å²) in [6.45, 7) is 1.72. The lowest BCUT2D eigenvalue weighted by Gasteiger charge is -2.01. The summed E-state index contributed by atoms with van der Waals surface area (Å²) in [6, 6.07) is 4.04. The first-order valence-corrected chi connectivity index (χ1v) is 7.62. The third-order valence-electron chi connectivity index (χ3n) is 3.71. The zero-order valence-electron chi connectivity index (χ0n) is 13.0. The van der Waals surface area contributed by atoms with Crippen molar-refractivity contribution in [3.63, 3.8) is 0 Å². The fourth-order valence-corrected chi connectivity index (χ4v) is 2.57. The van der Waals surface area contributed by atoms with Crippen LogP contribution in [0, 0.1) is 0 Å². The van der Waals surface area contributed by atoms with E-state index in [-0.39, 0.29) is 35.2 Å². The number of hydrogen-bond donors (Lipinski definition) is 3. The zero-order valence-corrected chi connectivity index (χ0v) is 13.0. The minimum Gasteiger partial charge on any atom is -0.508 e. The number of phenolic OH excluding ortho intramolecular Hbond substituents is 2. The van der Waals surface area contributed by atoms with Crippen LogP contribution in [0.3, 0.4) is 0 Å². The summed E-state index contributed by atoms with van der Waals surface area (Å²) < 4.78 is 10.5. The molecule has 24 heavy (non-hydrogen) atoms. The number of phenols is 2. The first-order chi connectivity index (χ1) is 11.4. The second-order valence-corrected chi connectivity index (χ2v) is 5.83. The standard InChI is InChI=1S/C18H18O6/c1-10(19)6-16-15(24-16)5-3-2-4-13-8-11-7-12(20)9-14(21)17(11)18(22)23-13/h2-5,7-10,15-16,19-21H,6H2,1H3/t10-,15-,16-/m1/s1. The number of fused-ring (bicyclic) bond motifs is 1. The molecule has 0 amide bonds. The Balaban J connectivity index is 1.73. The van der Waals surface area contributed by atoms with Crippen LogP contribution in [0.2, 0.25) is 0 Å². The highest BCUT2D eigenvalue weighted by molar-refractivity contribution is 5.89. The molecule has 2 aromatic rings. The summed E-state index contributed by atoms with van der Waals surface area (Å²) in [6.07, 6.45) is 7.21. The topological polar surface area (TPSA) is 103 Å². The van der Waals surface area contributed by atoms with Crippen molar-refractivity contribution in [1.29, 1.82) is 0 Å². The van der Waals surface area contributed by atoms with Crippen LogP contribution in [0.4, 0.5) is 0 Å². The smallest absolute Gasteiger partial charge is 0.347 e. The van der Waals surface area contributed by atoms with E-state index in [0.29, 0.717) is 17.6 Å². The van der Waals surface area contributed by atoms with Gasteiger partial charge in [-0.15, -0.1) is 0 Å². The molecule has 1 saturated heterocycles. The van der Waals surface area contributed by atoms with E-state index in [1.54, 1.807) is 31.2 Å². The second kappa shape index (κ2) is 6.51. The summed E-state index contributed by atoms with van der Waals surface area (Å²) in [4.78, 5) is 11.9. The Morgan fingerprint density at radius 3 is 2.79 bits per heavy atom. The van der Waals surface area contributed by atoms with Gasteiger partial charge in [0.15, 0.2) is 0 Å². The van der Waals surface area contributed by atoms with Gasteiger partial charge < -0.3 is 24.5 Å². The molecule has 0 unspecified atom stereocenters. The van der Waals surface area contributed by atoms with Gasteiger partial charge in [0.05, 0.1) is 12.2 Å². The lowest BCUT2D eigenvalue weighted by Crippen LogP contribution is -2.05. The highest BCUT2D eigenvalue weighted by Crippen LogP contribution is 2.29. The zero-order chi connectivity index (χ0) is 17.3. The number of epoxide rings is 1. The number of aliphatic hydroxyl groups is 1. The van der Waals surface area contributed by atoms with Crippen molar-refractivity contribution in [2.75, 3.05) is 0 Å². The average Bonchev–Trinajstić information content (AvgIpc) is 3.19. The average molecular weight is 330 g/mol. The molecule has 6 nitrogen and oxygen atoms in total. The second-order valence-electron chi connectivity index (χ2n) is 5.83. The van der Waals surface area contributed by atoms with E-state index in [4.69, 9.17) is 9.15 Å². The Morgan fingerprint density at radius 1 is 1.25 bits per heavy atom. The van der Waals surface area contributed by atoms with E-state index < -0.39 is 5.63 Å². The Labute approximate surface area is 137 Å². The number of hydrogen-bond acceptors (Lipinski definition) is 6. The van der Waals surface area contributed by atoms with Gasteiger partial charge in [0.25, 0.3) is 0 Å². The van der Waals surface area contributed by atoms with Crippen LogP contribution < -0.4 is 5.63 Å². The van der Waals surface area contributed by atoms with Crippen molar-refractivity contribution in [2.45, 2.75) is 31.7 Å². The maximum Gasteiger partial charge on any atom is 0.347 e. The lowest BCUT2D eigenvalue weighted by molar-refractivity contribution is 0.170. The molecule has 1 fully saturated rings. The molecule has 6 heteroatoms. The van der Waals surface area contributed by atoms with Crippen molar-refractivity contribution in [3.8, 4) is 11.5 Å². The number of ether oxygens (including phenoxy) is 1. The summed E-state index contributed by atoms with van der Waals surface area (Å²) >= 11 is 0. The van der Waals surface area contributed by atoms with E-state index in [0.717, 1.165) is 6.07 Å². The molecule has 0 radical (unpaired) electrons. The van der Waals surface area contributed by atoms with Crippen molar-refractivity contribution >= 4 is 16.8 Å². The van der Waals surface area contributed by atoms with Crippen LogP contribution in [-0.4, -0.2) is 33.6 Å². The molecule has 2 heterocycles. The van der Waals surface area contributed by atoms with Crippen LogP contribution in [0.1, 0.15) is 19.1 Å². The molecule has 0 spiro atoms. The first kappa shape index (κ1) is 16.3. The highest BCUT2D eigenvalue weighted by Gasteiger charge is 2.36. The number of aliphatic hydroxyl groups excluding tert-OH is 1. The van der Waals surface area contributed by atoms with E-state index in [1.807, 2.05) is 6.08 Å². The van der Waals surface area contributed by atoms with Gasteiger partial charge in [-0.3, -0.25) is 0 Å². The minimum atomic E-state index is -0.670. The monoisotopic (exact) mass is 330 g/mol. The van der Waals surface area contributed by atoms with Gasteiger partial charge in [0.1, 0.15) is 28.7 Å². The number of allylic oxidation sites excluding steroid dienone is 2. The molecule has 0 aliphatic carbocycles. The van der Waals surface area contributed by atoms with Gasteiger partial charge in [0, 0.05) is 17.9 Å². The van der Waals surface area contributed by atoms with Crippen molar-refractivity contribution < 1.29 is 24.5 Å². The van der Waals surface area contributed by atoms with Crippen molar-refractivity contribution in [1.82, 2.24) is 0 Å². The fourth-order valence-electron chi connectivity index (χ4n) is 2.57. The van der Waals surface area contributed by atoms with Crippen LogP contribution >= 0.6 is 0 Å². The summed E-state index contributed by atoms with van der Waals surface area (Å²) in [5, 5.41) is 28.9. The third-order valence-corrected chi connectivity index (χ3v) is 3.71. The Kier molecular flexibility index (Phi) is 4.42. The number of benzene rings is 1. The predicted molar refractivity (Wildman–Crippen MR) is 88.9 cm³/mol. The molecule has 3 atom stereocenters. The summed E-state index contributed by atoms with van der Waals surface area (Å²) in [5.41, 5.74) is -0.670. The van der Waals surface area contributed by atoms with Crippen LogP contribution in [0.5, 0.6) is 11.5 Å². The fraction of sp³-hybridized carbons (Fsp3) is 0.278. The molecule has 0 saturated carbocycles. The molecule has 1 aromatic heterocycles. The first-order valence-electron chi connectivity index (χ1n) is 7.62. The van der Waals surface area contributed by atoms with Crippen LogP contribution in [-0.2, 0) is 4.74 Å². The van der Waals surface area contributed by atoms with Gasteiger partial charge in [-0.1, -0.05) is 18.2 Å². The normalized spacial score (nSPS) is 21.8. The van der Waals surface area contributed by atoms with Crippen molar-refractivity contribution in [2.24, 2.45) is 0 Å². The third kappa shape index (κ3) is 3.67. The predicted octanol–water partition coefficient (Wildman–Crippen LogP) is 2.31.